The number of ether oxygens (including phenoxy) is 1. The zero-order valence-electron chi connectivity index (χ0n) is 13.5. The summed E-state index contributed by atoms with van der Waals surface area (Å²) in [5.41, 5.74) is 0. The maximum absolute atomic E-state index is 12.1. The van der Waals surface area contributed by atoms with Crippen molar-refractivity contribution in [2.24, 2.45) is 0 Å². The molecule has 1 fully saturated rings. The SMILES string of the molecule is C[C@@H]1CN([C@H](C)C(=O)NCCN(C)S(C)(=O)=O)C[C@H](C)O1. The van der Waals surface area contributed by atoms with Crippen LogP contribution in [0.4, 0.5) is 0 Å². The van der Waals surface area contributed by atoms with Gasteiger partial charge in [0.1, 0.15) is 0 Å². The van der Waals surface area contributed by atoms with Crippen LogP contribution >= 0.6 is 0 Å². The quantitative estimate of drug-likeness (QED) is 0.713. The molecule has 3 atom stereocenters. The van der Waals surface area contributed by atoms with Gasteiger partial charge in [0, 0.05) is 33.2 Å². The number of nitrogens with one attached hydrogen (secondary N) is 1. The summed E-state index contributed by atoms with van der Waals surface area (Å²) in [6.07, 6.45) is 1.37. The number of carbonyl (C=O) groups excluding carboxylic acids is 1. The van der Waals surface area contributed by atoms with Gasteiger partial charge in [0.05, 0.1) is 24.5 Å². The summed E-state index contributed by atoms with van der Waals surface area (Å²) in [6.45, 7) is 7.88. The van der Waals surface area contributed by atoms with Crippen molar-refractivity contribution in [3.8, 4) is 0 Å². The van der Waals surface area contributed by atoms with E-state index in [0.29, 0.717) is 6.54 Å². The fourth-order valence-corrected chi connectivity index (χ4v) is 2.77. The van der Waals surface area contributed by atoms with Gasteiger partial charge in [-0.3, -0.25) is 9.69 Å². The van der Waals surface area contributed by atoms with Crippen molar-refractivity contribution in [2.45, 2.75) is 39.0 Å². The molecule has 8 heteroatoms. The summed E-state index contributed by atoms with van der Waals surface area (Å²) in [4.78, 5) is 14.2. The van der Waals surface area contributed by atoms with Crippen molar-refractivity contribution in [2.75, 3.05) is 39.5 Å². The molecule has 1 N–H and O–H groups in total. The highest BCUT2D eigenvalue weighted by atomic mass is 32.2. The van der Waals surface area contributed by atoms with Gasteiger partial charge in [-0.2, -0.15) is 0 Å². The fourth-order valence-electron chi connectivity index (χ4n) is 2.35. The first-order chi connectivity index (χ1) is 9.61. The highest BCUT2D eigenvalue weighted by Crippen LogP contribution is 2.13. The molecule has 1 saturated heterocycles. The normalized spacial score (nSPS) is 25.8. The molecule has 0 saturated carbocycles. The van der Waals surface area contributed by atoms with Crippen LogP contribution in [-0.4, -0.2) is 81.3 Å². The number of amides is 1. The van der Waals surface area contributed by atoms with Crippen LogP contribution in [0.5, 0.6) is 0 Å². The van der Waals surface area contributed by atoms with Crippen molar-refractivity contribution in [1.82, 2.24) is 14.5 Å². The molecule has 0 aromatic rings. The van der Waals surface area contributed by atoms with Crippen LogP contribution in [0.2, 0.25) is 0 Å². The number of sulfonamides is 1. The fraction of sp³-hybridized carbons (Fsp3) is 0.923. The van der Waals surface area contributed by atoms with Gasteiger partial charge >= 0.3 is 0 Å². The van der Waals surface area contributed by atoms with E-state index < -0.39 is 10.0 Å². The molecule has 124 valence electrons. The lowest BCUT2D eigenvalue weighted by Gasteiger charge is -2.38. The standard InChI is InChI=1S/C13H27N3O4S/c1-10-8-16(9-11(2)20-10)12(3)13(17)14-6-7-15(4)21(5,18)19/h10-12H,6-9H2,1-5H3,(H,14,17)/t10-,11+,12-/m1/s1. The van der Waals surface area contributed by atoms with E-state index in [-0.39, 0.29) is 30.7 Å². The molecule has 0 aromatic heterocycles. The van der Waals surface area contributed by atoms with Crippen molar-refractivity contribution >= 4 is 15.9 Å². The summed E-state index contributed by atoms with van der Waals surface area (Å²) in [6, 6.07) is -0.248. The minimum absolute atomic E-state index is 0.0850. The first kappa shape index (κ1) is 18.3. The van der Waals surface area contributed by atoms with Gasteiger partial charge in [-0.25, -0.2) is 12.7 Å². The molecule has 0 spiro atoms. The first-order valence-electron chi connectivity index (χ1n) is 7.19. The molecule has 0 radical (unpaired) electrons. The van der Waals surface area contributed by atoms with E-state index in [1.807, 2.05) is 20.8 Å². The zero-order valence-corrected chi connectivity index (χ0v) is 14.3. The van der Waals surface area contributed by atoms with Crippen molar-refractivity contribution in [3.63, 3.8) is 0 Å². The molecule has 1 aliphatic heterocycles. The highest BCUT2D eigenvalue weighted by molar-refractivity contribution is 7.88. The average molecular weight is 321 g/mol. The number of morpholine rings is 1. The maximum Gasteiger partial charge on any atom is 0.237 e. The van der Waals surface area contributed by atoms with E-state index in [4.69, 9.17) is 4.74 Å². The molecule has 1 heterocycles. The van der Waals surface area contributed by atoms with E-state index in [1.165, 1.54) is 11.4 Å². The Morgan fingerprint density at radius 2 is 1.90 bits per heavy atom. The van der Waals surface area contributed by atoms with E-state index >= 15 is 0 Å². The Morgan fingerprint density at radius 3 is 2.38 bits per heavy atom. The van der Waals surface area contributed by atoms with Crippen molar-refractivity contribution in [1.29, 1.82) is 0 Å². The number of hydrogen-bond acceptors (Lipinski definition) is 5. The Balaban J connectivity index is 2.41. The molecular weight excluding hydrogens is 294 g/mol. The average Bonchev–Trinajstić information content (AvgIpc) is 2.35. The molecule has 21 heavy (non-hydrogen) atoms. The van der Waals surface area contributed by atoms with Gasteiger partial charge in [-0.05, 0) is 20.8 Å². The summed E-state index contributed by atoms with van der Waals surface area (Å²) >= 11 is 0. The molecule has 0 bridgehead atoms. The molecular formula is C13H27N3O4S. The van der Waals surface area contributed by atoms with Crippen LogP contribution in [0.3, 0.4) is 0 Å². The topological polar surface area (TPSA) is 79.0 Å². The van der Waals surface area contributed by atoms with Crippen LogP contribution in [0.15, 0.2) is 0 Å². The number of rotatable bonds is 6. The largest absolute Gasteiger partial charge is 0.373 e. The minimum Gasteiger partial charge on any atom is -0.373 e. The van der Waals surface area contributed by atoms with Gasteiger partial charge < -0.3 is 10.1 Å². The number of hydrogen-bond donors (Lipinski definition) is 1. The molecule has 1 aliphatic rings. The Morgan fingerprint density at radius 1 is 1.38 bits per heavy atom. The molecule has 1 rings (SSSR count). The van der Waals surface area contributed by atoms with Crippen LogP contribution in [0.25, 0.3) is 0 Å². The Labute approximate surface area is 127 Å². The second kappa shape index (κ2) is 7.53. The molecule has 7 nitrogen and oxygen atoms in total. The second-order valence-electron chi connectivity index (χ2n) is 5.76. The summed E-state index contributed by atoms with van der Waals surface area (Å²) in [5, 5.41) is 2.78. The van der Waals surface area contributed by atoms with Crippen LogP contribution in [0.1, 0.15) is 20.8 Å². The van der Waals surface area contributed by atoms with Gasteiger partial charge in [-0.1, -0.05) is 0 Å². The predicted molar refractivity (Wildman–Crippen MR) is 81.5 cm³/mol. The summed E-state index contributed by atoms with van der Waals surface area (Å²) in [7, 11) is -1.70. The zero-order chi connectivity index (χ0) is 16.2. The number of nitrogens with zero attached hydrogens (tertiary/aromatic N) is 2. The van der Waals surface area contributed by atoms with E-state index in [1.54, 1.807) is 0 Å². The van der Waals surface area contributed by atoms with Gasteiger partial charge in [-0.15, -0.1) is 0 Å². The minimum atomic E-state index is -3.20. The monoisotopic (exact) mass is 321 g/mol. The second-order valence-corrected chi connectivity index (χ2v) is 7.85. The Hall–Kier alpha value is -0.700. The summed E-state index contributed by atoms with van der Waals surface area (Å²) in [5.74, 6) is -0.0850. The van der Waals surface area contributed by atoms with E-state index in [0.717, 1.165) is 19.3 Å². The van der Waals surface area contributed by atoms with Crippen molar-refractivity contribution in [3.05, 3.63) is 0 Å². The third-order valence-electron chi connectivity index (χ3n) is 3.67. The summed E-state index contributed by atoms with van der Waals surface area (Å²) < 4.78 is 29.4. The van der Waals surface area contributed by atoms with Gasteiger partial charge in [0.2, 0.25) is 15.9 Å². The predicted octanol–water partition coefficient (Wildman–Crippen LogP) is -0.508. The third kappa shape index (κ3) is 5.90. The first-order valence-corrected chi connectivity index (χ1v) is 9.04. The maximum atomic E-state index is 12.1. The van der Waals surface area contributed by atoms with Crippen molar-refractivity contribution < 1.29 is 17.9 Å². The number of carbonyl (C=O) groups is 1. The molecule has 1 amide bonds. The van der Waals surface area contributed by atoms with E-state index in [2.05, 4.69) is 10.2 Å². The molecule has 0 aromatic carbocycles. The van der Waals surface area contributed by atoms with Crippen LogP contribution in [0, 0.1) is 0 Å². The van der Waals surface area contributed by atoms with Gasteiger partial charge in [0.25, 0.3) is 0 Å². The molecule has 0 aliphatic carbocycles. The number of likely N-dealkylation sites (N-methyl/N-ethyl adjacent to an activating group) is 1. The lowest BCUT2D eigenvalue weighted by molar-refractivity contribution is -0.131. The Kier molecular flexibility index (Phi) is 6.58. The Bertz CT molecular complexity index is 444. The smallest absolute Gasteiger partial charge is 0.237 e. The lowest BCUT2D eigenvalue weighted by Crippen LogP contribution is -2.54. The molecule has 0 unspecified atom stereocenters. The highest BCUT2D eigenvalue weighted by Gasteiger charge is 2.29. The van der Waals surface area contributed by atoms with Crippen LogP contribution in [-0.2, 0) is 19.6 Å². The third-order valence-corrected chi connectivity index (χ3v) is 4.98. The van der Waals surface area contributed by atoms with E-state index in [9.17, 15) is 13.2 Å². The van der Waals surface area contributed by atoms with Gasteiger partial charge in [0.15, 0.2) is 0 Å². The van der Waals surface area contributed by atoms with Crippen LogP contribution < -0.4 is 5.32 Å². The lowest BCUT2D eigenvalue weighted by atomic mass is 10.1.